The van der Waals surface area contributed by atoms with Gasteiger partial charge in [-0.2, -0.15) is 0 Å². The number of carbonyl (C=O) groups excluding carboxylic acids is 2. The number of Topliss-reactive ketones (excluding diaryl/α,β-unsaturated/α-hetero) is 1. The molecule has 0 aromatic carbocycles. The minimum atomic E-state index is -0.383. The standard InChI is InChI=1S/C26H40N2O3/c1-18(29)31-26(28-14-12-27(3)13-15-28)11-10-25-16-24(25,17-26)9-6-19-20-4-5-22(30)23(20,2)8-7-21(19)25/h19-21H,4-17H2,1-3H3/t19-,20-,21-,23-,24-,25-,26-/m0/s1. The van der Waals surface area contributed by atoms with Gasteiger partial charge >= 0.3 is 5.97 Å². The van der Waals surface area contributed by atoms with Crippen molar-refractivity contribution in [2.75, 3.05) is 33.2 Å². The van der Waals surface area contributed by atoms with Gasteiger partial charge in [-0.15, -0.1) is 0 Å². The molecular weight excluding hydrogens is 388 g/mol. The van der Waals surface area contributed by atoms with E-state index >= 15 is 0 Å². The van der Waals surface area contributed by atoms with E-state index in [4.69, 9.17) is 4.74 Å². The number of hydrogen-bond donors (Lipinski definition) is 0. The molecule has 6 rings (SSSR count). The fourth-order valence-corrected chi connectivity index (χ4v) is 9.82. The highest BCUT2D eigenvalue weighted by molar-refractivity contribution is 5.87. The maximum absolute atomic E-state index is 12.7. The van der Waals surface area contributed by atoms with Crippen molar-refractivity contribution in [2.45, 2.75) is 83.8 Å². The van der Waals surface area contributed by atoms with Crippen LogP contribution in [0.3, 0.4) is 0 Å². The van der Waals surface area contributed by atoms with Gasteiger partial charge in [-0.25, -0.2) is 0 Å². The molecule has 172 valence electrons. The number of esters is 1. The molecule has 0 radical (unpaired) electrons. The lowest BCUT2D eigenvalue weighted by Crippen LogP contribution is -2.62. The second-order valence-corrected chi connectivity index (χ2v) is 12.5. The summed E-state index contributed by atoms with van der Waals surface area (Å²) in [5.41, 5.74) is 0.440. The predicted molar refractivity (Wildman–Crippen MR) is 118 cm³/mol. The molecule has 6 fully saturated rings. The zero-order valence-corrected chi connectivity index (χ0v) is 19.8. The van der Waals surface area contributed by atoms with Gasteiger partial charge in [0.05, 0.1) is 0 Å². The minimum Gasteiger partial charge on any atom is -0.444 e. The van der Waals surface area contributed by atoms with Gasteiger partial charge in [0.15, 0.2) is 5.72 Å². The van der Waals surface area contributed by atoms with Crippen LogP contribution in [-0.4, -0.2) is 60.5 Å². The highest BCUT2D eigenvalue weighted by Crippen LogP contribution is 2.84. The summed E-state index contributed by atoms with van der Waals surface area (Å²) in [5, 5.41) is 0. The summed E-state index contributed by atoms with van der Waals surface area (Å²) in [6.45, 7) is 8.00. The Morgan fingerprint density at radius 1 is 0.968 bits per heavy atom. The predicted octanol–water partition coefficient (Wildman–Crippen LogP) is 3.86. The van der Waals surface area contributed by atoms with Gasteiger partial charge < -0.3 is 9.64 Å². The molecule has 0 aromatic rings. The van der Waals surface area contributed by atoms with E-state index in [1.54, 1.807) is 6.92 Å². The molecular formula is C26H40N2O3. The van der Waals surface area contributed by atoms with E-state index in [-0.39, 0.29) is 17.1 Å². The summed E-state index contributed by atoms with van der Waals surface area (Å²) in [6, 6.07) is 0. The van der Waals surface area contributed by atoms with Gasteiger partial charge in [-0.05, 0) is 80.6 Å². The van der Waals surface area contributed by atoms with Crippen molar-refractivity contribution >= 4 is 11.8 Å². The van der Waals surface area contributed by atoms with Crippen molar-refractivity contribution in [3.8, 4) is 0 Å². The van der Waals surface area contributed by atoms with Crippen LogP contribution in [-0.2, 0) is 14.3 Å². The molecule has 6 aliphatic rings. The number of fused-ring (bicyclic) bond motifs is 3. The van der Waals surface area contributed by atoms with Gasteiger partial charge in [0.25, 0.3) is 0 Å². The number of carbonyl (C=O) groups is 2. The molecule has 0 amide bonds. The fourth-order valence-electron chi connectivity index (χ4n) is 9.82. The third-order valence-corrected chi connectivity index (χ3v) is 11.4. The molecule has 0 spiro atoms. The highest BCUT2D eigenvalue weighted by atomic mass is 16.6. The Morgan fingerprint density at radius 3 is 2.48 bits per heavy atom. The number of ether oxygens (including phenoxy) is 1. The molecule has 5 nitrogen and oxygen atoms in total. The molecule has 5 aliphatic carbocycles. The van der Waals surface area contributed by atoms with Crippen LogP contribution >= 0.6 is 0 Å². The van der Waals surface area contributed by atoms with Crippen molar-refractivity contribution in [3.63, 3.8) is 0 Å². The van der Waals surface area contributed by atoms with Crippen molar-refractivity contribution < 1.29 is 14.3 Å². The topological polar surface area (TPSA) is 49.9 Å². The average Bonchev–Trinajstić information content (AvgIpc) is 3.32. The minimum absolute atomic E-state index is 0.0251. The lowest BCUT2D eigenvalue weighted by atomic mass is 9.50. The van der Waals surface area contributed by atoms with E-state index < -0.39 is 0 Å². The van der Waals surface area contributed by atoms with Crippen LogP contribution in [0.25, 0.3) is 0 Å². The number of rotatable bonds is 2. The Kier molecular flexibility index (Phi) is 4.37. The summed E-state index contributed by atoms with van der Waals surface area (Å²) in [5.74, 6) is 2.62. The third kappa shape index (κ3) is 2.68. The molecule has 31 heavy (non-hydrogen) atoms. The third-order valence-electron chi connectivity index (χ3n) is 11.4. The highest BCUT2D eigenvalue weighted by Gasteiger charge is 2.78. The Bertz CT molecular complexity index is 806. The second kappa shape index (κ2) is 6.56. The first-order valence-electron chi connectivity index (χ1n) is 12.9. The molecule has 5 heteroatoms. The fraction of sp³-hybridized carbons (Fsp3) is 0.923. The van der Waals surface area contributed by atoms with Gasteiger partial charge in [0, 0.05) is 57.8 Å². The SMILES string of the molecule is CC(=O)O[C@@]1(N2CCN(C)CC2)CC[C@@]23C[C@@]2(CC[C@@H]2[C@@H]3CC[C@]3(C)C(=O)CC[C@@H]23)C1. The summed E-state index contributed by atoms with van der Waals surface area (Å²) < 4.78 is 6.25. The molecule has 0 unspecified atom stereocenters. The first-order valence-corrected chi connectivity index (χ1v) is 12.9. The lowest BCUT2D eigenvalue weighted by molar-refractivity contribution is -0.212. The van der Waals surface area contributed by atoms with E-state index in [0.717, 1.165) is 70.1 Å². The van der Waals surface area contributed by atoms with Crippen LogP contribution < -0.4 is 0 Å². The van der Waals surface area contributed by atoms with Gasteiger partial charge in [0.2, 0.25) is 0 Å². The Morgan fingerprint density at radius 2 is 1.74 bits per heavy atom. The van der Waals surface area contributed by atoms with E-state index in [1.165, 1.54) is 32.1 Å². The maximum atomic E-state index is 12.7. The molecule has 1 heterocycles. The van der Waals surface area contributed by atoms with Crippen molar-refractivity contribution in [2.24, 2.45) is 34.0 Å². The number of ketones is 1. The molecule has 0 aromatic heterocycles. The Hall–Kier alpha value is -0.940. The number of hydrogen-bond acceptors (Lipinski definition) is 5. The monoisotopic (exact) mass is 428 g/mol. The van der Waals surface area contributed by atoms with Crippen molar-refractivity contribution in [3.05, 3.63) is 0 Å². The van der Waals surface area contributed by atoms with Crippen molar-refractivity contribution in [1.82, 2.24) is 9.80 Å². The molecule has 5 saturated carbocycles. The van der Waals surface area contributed by atoms with E-state index in [1.807, 2.05) is 0 Å². The van der Waals surface area contributed by atoms with E-state index in [9.17, 15) is 9.59 Å². The van der Waals surface area contributed by atoms with Crippen LogP contribution in [0.15, 0.2) is 0 Å². The molecule has 7 atom stereocenters. The van der Waals surface area contributed by atoms with Crippen LogP contribution in [0.5, 0.6) is 0 Å². The average molecular weight is 429 g/mol. The summed E-state index contributed by atoms with van der Waals surface area (Å²) >= 11 is 0. The lowest BCUT2D eigenvalue weighted by Gasteiger charge is -2.57. The van der Waals surface area contributed by atoms with Gasteiger partial charge in [-0.1, -0.05) is 6.92 Å². The molecule has 1 saturated heterocycles. The van der Waals surface area contributed by atoms with Crippen molar-refractivity contribution in [1.29, 1.82) is 0 Å². The molecule has 0 bridgehead atoms. The normalized spacial score (nSPS) is 52.0. The summed E-state index contributed by atoms with van der Waals surface area (Å²) in [6.07, 6.45) is 11.5. The van der Waals surface area contributed by atoms with Crippen LogP contribution in [0.2, 0.25) is 0 Å². The van der Waals surface area contributed by atoms with Crippen LogP contribution in [0.1, 0.15) is 78.1 Å². The zero-order valence-electron chi connectivity index (χ0n) is 19.8. The number of piperazine rings is 1. The van der Waals surface area contributed by atoms with Gasteiger partial charge in [-0.3, -0.25) is 14.5 Å². The number of nitrogens with zero attached hydrogens (tertiary/aromatic N) is 2. The van der Waals surface area contributed by atoms with Crippen LogP contribution in [0.4, 0.5) is 0 Å². The first kappa shape index (κ1) is 20.7. The largest absolute Gasteiger partial charge is 0.444 e. The number of likely N-dealkylation sites (N-methyl/N-ethyl adjacent to an activating group) is 1. The Labute approximate surface area is 187 Å². The summed E-state index contributed by atoms with van der Waals surface area (Å²) in [7, 11) is 2.19. The zero-order chi connectivity index (χ0) is 21.6. The van der Waals surface area contributed by atoms with Gasteiger partial charge in [0.1, 0.15) is 5.78 Å². The quantitative estimate of drug-likeness (QED) is 0.625. The van der Waals surface area contributed by atoms with Crippen LogP contribution in [0, 0.1) is 34.0 Å². The summed E-state index contributed by atoms with van der Waals surface area (Å²) in [4.78, 5) is 29.8. The second-order valence-electron chi connectivity index (χ2n) is 12.5. The van der Waals surface area contributed by atoms with E-state index in [0.29, 0.717) is 22.5 Å². The first-order chi connectivity index (χ1) is 14.7. The Balaban J connectivity index is 1.27. The maximum Gasteiger partial charge on any atom is 0.304 e. The smallest absolute Gasteiger partial charge is 0.304 e. The van der Waals surface area contributed by atoms with E-state index in [2.05, 4.69) is 23.8 Å². The molecule has 1 aliphatic heterocycles. The molecule has 0 N–H and O–H groups in total.